The number of aromatic amines is 1. The van der Waals surface area contributed by atoms with Crippen LogP contribution in [0.25, 0.3) is 11.0 Å². The quantitative estimate of drug-likeness (QED) is 0.261. The molecular formula is C25H28F3N7O5. The highest BCUT2D eigenvalue weighted by atomic mass is 19.4. The van der Waals surface area contributed by atoms with Crippen LogP contribution in [0.1, 0.15) is 30.7 Å². The van der Waals surface area contributed by atoms with Gasteiger partial charge in [0, 0.05) is 38.8 Å². The number of hydrogen-bond donors (Lipinski definition) is 4. The molecule has 0 spiro atoms. The fourth-order valence-electron chi connectivity index (χ4n) is 3.75. The first kappa shape index (κ1) is 29.9. The van der Waals surface area contributed by atoms with Gasteiger partial charge < -0.3 is 30.2 Å². The number of carboxylic acid groups (broad SMARTS) is 1. The largest absolute Gasteiger partial charge is 0.465 e. The van der Waals surface area contributed by atoms with Crippen molar-refractivity contribution in [3.63, 3.8) is 0 Å². The number of alkyl halides is 3. The van der Waals surface area contributed by atoms with E-state index >= 15 is 0 Å². The number of anilines is 1. The van der Waals surface area contributed by atoms with Gasteiger partial charge in [-0.3, -0.25) is 14.4 Å². The number of aromatic nitrogens is 4. The topological polar surface area (TPSA) is 162 Å². The zero-order valence-corrected chi connectivity index (χ0v) is 21.7. The maximum absolute atomic E-state index is 13.0. The summed E-state index contributed by atoms with van der Waals surface area (Å²) in [6, 6.07) is 3.25. The van der Waals surface area contributed by atoms with Crippen molar-refractivity contribution in [1.29, 1.82) is 0 Å². The summed E-state index contributed by atoms with van der Waals surface area (Å²) in [6.07, 6.45) is -1.46. The fraction of sp³-hybridized carbons (Fsp3) is 0.360. The fourth-order valence-corrected chi connectivity index (χ4v) is 3.75. The second-order valence-electron chi connectivity index (χ2n) is 9.05. The molecule has 0 aliphatic carbocycles. The van der Waals surface area contributed by atoms with Crippen LogP contribution in [0.4, 0.5) is 23.7 Å². The summed E-state index contributed by atoms with van der Waals surface area (Å²) in [5.74, 6) is -1.03. The zero-order chi connectivity index (χ0) is 29.4. The second kappa shape index (κ2) is 12.9. The van der Waals surface area contributed by atoms with Crippen molar-refractivity contribution in [2.75, 3.05) is 19.4 Å². The second-order valence-corrected chi connectivity index (χ2v) is 9.05. The number of carbonyl (C=O) groups is 3. The molecule has 3 heterocycles. The average Bonchev–Trinajstić information content (AvgIpc) is 3.29. The lowest BCUT2D eigenvalue weighted by molar-refractivity contribution is -0.134. The molecule has 0 bridgehead atoms. The number of aryl methyl sites for hydroxylation is 1. The molecule has 3 rings (SSSR count). The van der Waals surface area contributed by atoms with Gasteiger partial charge in [-0.2, -0.15) is 13.2 Å². The van der Waals surface area contributed by atoms with Crippen molar-refractivity contribution in [3.8, 4) is 0 Å². The highest BCUT2D eigenvalue weighted by molar-refractivity contribution is 5.96. The lowest BCUT2D eigenvalue weighted by Crippen LogP contribution is -2.44. The third-order valence-electron chi connectivity index (χ3n) is 5.75. The van der Waals surface area contributed by atoms with Gasteiger partial charge in [0.25, 0.3) is 5.56 Å². The Morgan fingerprint density at radius 3 is 2.67 bits per heavy atom. The molecular weight excluding hydrogens is 535 g/mol. The van der Waals surface area contributed by atoms with Crippen LogP contribution in [-0.2, 0) is 22.6 Å². The molecule has 0 aromatic carbocycles. The number of likely N-dealkylation sites (N-methyl/N-ethyl adjacent to an activating group) is 1. The minimum atomic E-state index is -4.34. The summed E-state index contributed by atoms with van der Waals surface area (Å²) in [5.41, 5.74) is 0.693. The molecule has 15 heteroatoms. The van der Waals surface area contributed by atoms with Gasteiger partial charge in [-0.25, -0.2) is 14.8 Å². The Balaban J connectivity index is 1.74. The molecule has 3 aromatic rings. The highest BCUT2D eigenvalue weighted by Gasteiger charge is 2.27. The van der Waals surface area contributed by atoms with Gasteiger partial charge in [-0.1, -0.05) is 6.08 Å². The number of nitrogens with zero attached hydrogens (tertiary/aromatic N) is 4. The van der Waals surface area contributed by atoms with E-state index in [1.807, 2.05) is 0 Å². The molecule has 40 heavy (non-hydrogen) atoms. The molecule has 1 atom stereocenters. The summed E-state index contributed by atoms with van der Waals surface area (Å²) in [7, 11) is 3.15. The van der Waals surface area contributed by atoms with E-state index in [4.69, 9.17) is 5.11 Å². The van der Waals surface area contributed by atoms with Gasteiger partial charge in [-0.15, -0.1) is 0 Å². The molecule has 0 aliphatic rings. The van der Waals surface area contributed by atoms with Gasteiger partial charge in [0.05, 0.1) is 23.3 Å². The normalized spacial score (nSPS) is 12.4. The first-order chi connectivity index (χ1) is 18.8. The molecule has 3 amide bonds. The van der Waals surface area contributed by atoms with E-state index in [0.717, 1.165) is 0 Å². The van der Waals surface area contributed by atoms with Crippen LogP contribution in [-0.4, -0.2) is 73.7 Å². The molecule has 3 aromatic heterocycles. The lowest BCUT2D eigenvalue weighted by atomic mass is 10.1. The average molecular weight is 564 g/mol. The Morgan fingerprint density at radius 1 is 1.25 bits per heavy atom. The number of hydrogen-bond acceptors (Lipinski definition) is 6. The zero-order valence-electron chi connectivity index (χ0n) is 21.7. The van der Waals surface area contributed by atoms with Gasteiger partial charge in [0.15, 0.2) is 0 Å². The van der Waals surface area contributed by atoms with Gasteiger partial charge in [0.1, 0.15) is 18.1 Å². The number of carbonyl (C=O) groups excluding carboxylic acids is 2. The SMILES string of the molecule is CN(C)C(=O)C=CCCC(NC(=O)O)C(=O)Nc1cccn(Cc2cc3ncnc(CCC(F)(F)F)c3[nH]2)c1=O. The van der Waals surface area contributed by atoms with Crippen LogP contribution in [0, 0.1) is 0 Å². The third-order valence-corrected chi connectivity index (χ3v) is 5.75. The molecule has 0 aliphatic heterocycles. The van der Waals surface area contributed by atoms with Gasteiger partial charge in [0.2, 0.25) is 11.8 Å². The molecule has 12 nitrogen and oxygen atoms in total. The summed E-state index contributed by atoms with van der Waals surface area (Å²) < 4.78 is 39.3. The number of amides is 3. The van der Waals surface area contributed by atoms with Crippen LogP contribution >= 0.6 is 0 Å². The minimum absolute atomic E-state index is 0.0148. The van der Waals surface area contributed by atoms with Crippen molar-refractivity contribution in [2.45, 2.75) is 44.4 Å². The maximum atomic E-state index is 13.0. The summed E-state index contributed by atoms with van der Waals surface area (Å²) in [5, 5.41) is 13.7. The Labute approximate surface area is 225 Å². The summed E-state index contributed by atoms with van der Waals surface area (Å²) in [4.78, 5) is 61.0. The lowest BCUT2D eigenvalue weighted by Gasteiger charge is -2.16. The van der Waals surface area contributed by atoms with Gasteiger partial charge in [-0.05, 0) is 37.1 Å². The molecule has 0 saturated heterocycles. The Kier molecular flexibility index (Phi) is 9.63. The van der Waals surface area contributed by atoms with Crippen LogP contribution in [0.2, 0.25) is 0 Å². The smallest absolute Gasteiger partial charge is 0.405 e. The first-order valence-corrected chi connectivity index (χ1v) is 12.1. The van der Waals surface area contributed by atoms with Gasteiger partial charge >= 0.3 is 12.3 Å². The van der Waals surface area contributed by atoms with E-state index in [-0.39, 0.29) is 43.1 Å². The van der Waals surface area contributed by atoms with E-state index in [9.17, 15) is 32.3 Å². The monoisotopic (exact) mass is 563 g/mol. The Hall–Kier alpha value is -4.69. The minimum Gasteiger partial charge on any atom is -0.465 e. The van der Waals surface area contributed by atoms with Crippen LogP contribution < -0.4 is 16.2 Å². The summed E-state index contributed by atoms with van der Waals surface area (Å²) in [6.45, 7) is -0.0148. The van der Waals surface area contributed by atoms with Crippen molar-refractivity contribution in [1.82, 2.24) is 29.7 Å². The highest BCUT2D eigenvalue weighted by Crippen LogP contribution is 2.24. The van der Waals surface area contributed by atoms with E-state index < -0.39 is 36.2 Å². The Bertz CT molecular complexity index is 1460. The molecule has 1 unspecified atom stereocenters. The maximum Gasteiger partial charge on any atom is 0.405 e. The number of rotatable bonds is 11. The number of allylic oxidation sites excluding steroid dienone is 1. The molecule has 0 fully saturated rings. The van der Waals surface area contributed by atoms with Crippen LogP contribution in [0.3, 0.4) is 0 Å². The number of pyridine rings is 1. The Morgan fingerprint density at radius 2 is 2.00 bits per heavy atom. The first-order valence-electron chi connectivity index (χ1n) is 12.1. The number of H-pyrrole nitrogens is 1. The van der Waals surface area contributed by atoms with E-state index in [0.29, 0.717) is 16.7 Å². The standard InChI is InChI=1S/C25H28F3N7O5/c1-34(2)20(36)8-4-3-6-17(33-24(39)40)22(37)32-18-7-5-11-35(23(18)38)13-15-12-19-21(31-15)16(29-14-30-19)9-10-25(26,27)28/h4-5,7-8,11-12,14,17,31,33H,3,6,9-10,13H2,1-2H3,(H,32,37)(H,39,40). The van der Waals surface area contributed by atoms with Crippen molar-refractivity contribution < 1.29 is 32.7 Å². The third kappa shape index (κ3) is 8.41. The predicted octanol–water partition coefficient (Wildman–Crippen LogP) is 2.66. The molecule has 0 saturated carbocycles. The molecule has 0 radical (unpaired) electrons. The summed E-state index contributed by atoms with van der Waals surface area (Å²) >= 11 is 0. The predicted molar refractivity (Wildman–Crippen MR) is 139 cm³/mol. The molecule has 4 N–H and O–H groups in total. The van der Waals surface area contributed by atoms with Crippen molar-refractivity contribution >= 4 is 34.6 Å². The van der Waals surface area contributed by atoms with Crippen molar-refractivity contribution in [3.05, 3.63) is 64.6 Å². The van der Waals surface area contributed by atoms with E-state index in [1.165, 1.54) is 46.3 Å². The number of fused-ring (bicyclic) bond motifs is 1. The molecule has 214 valence electrons. The van der Waals surface area contributed by atoms with Crippen LogP contribution in [0.5, 0.6) is 0 Å². The number of nitrogens with one attached hydrogen (secondary N) is 3. The van der Waals surface area contributed by atoms with Crippen LogP contribution in [0.15, 0.2) is 47.7 Å². The van der Waals surface area contributed by atoms with Crippen molar-refractivity contribution in [2.24, 2.45) is 0 Å². The number of halogens is 3. The van der Waals surface area contributed by atoms with E-state index in [1.54, 1.807) is 20.2 Å². The van der Waals surface area contributed by atoms with E-state index in [2.05, 4.69) is 25.6 Å².